The lowest BCUT2D eigenvalue weighted by molar-refractivity contribution is 0.0402. The number of likely N-dealkylation sites (tertiary alicyclic amines) is 1. The van der Waals surface area contributed by atoms with Gasteiger partial charge >= 0.3 is 0 Å². The van der Waals surface area contributed by atoms with Crippen molar-refractivity contribution in [3.8, 4) is 11.3 Å². The number of nitrogens with zero attached hydrogens (tertiary/aromatic N) is 5. The number of fused-ring (bicyclic) bond motifs is 3. The number of carbonyl (C=O) groups is 1. The highest BCUT2D eigenvalue weighted by atomic mass is 35.5. The molecule has 6 nitrogen and oxygen atoms in total. The van der Waals surface area contributed by atoms with Gasteiger partial charge in [0.1, 0.15) is 5.65 Å². The van der Waals surface area contributed by atoms with Crippen LogP contribution in [-0.4, -0.2) is 55.2 Å². The van der Waals surface area contributed by atoms with Crippen LogP contribution in [0.2, 0.25) is 5.02 Å². The molecule has 2 atom stereocenters. The van der Waals surface area contributed by atoms with Crippen molar-refractivity contribution in [1.29, 1.82) is 0 Å². The van der Waals surface area contributed by atoms with Gasteiger partial charge in [-0.2, -0.15) is 0 Å². The van der Waals surface area contributed by atoms with Gasteiger partial charge in [0, 0.05) is 60.1 Å². The average Bonchev–Trinajstić information content (AvgIpc) is 3.52. The molecule has 0 radical (unpaired) electrons. The number of rotatable bonds is 4. The molecule has 2 bridgehead atoms. The van der Waals surface area contributed by atoms with Gasteiger partial charge in [0.05, 0.1) is 11.4 Å². The van der Waals surface area contributed by atoms with Crippen molar-refractivity contribution in [2.24, 2.45) is 0 Å². The fourth-order valence-corrected chi connectivity index (χ4v) is 5.84. The molecule has 8 heteroatoms. The second-order valence-electron chi connectivity index (χ2n) is 8.47. The van der Waals surface area contributed by atoms with Crippen LogP contribution in [0.5, 0.6) is 0 Å². The summed E-state index contributed by atoms with van der Waals surface area (Å²) in [5.74, 6) is 0.0869. The van der Waals surface area contributed by atoms with Gasteiger partial charge in [-0.3, -0.25) is 9.69 Å². The zero-order valence-electron chi connectivity index (χ0n) is 17.4. The van der Waals surface area contributed by atoms with Crippen LogP contribution < -0.4 is 0 Å². The van der Waals surface area contributed by atoms with E-state index in [1.54, 1.807) is 6.20 Å². The van der Waals surface area contributed by atoms with Gasteiger partial charge < -0.3 is 9.30 Å². The van der Waals surface area contributed by atoms with Gasteiger partial charge in [0.2, 0.25) is 0 Å². The number of piperazine rings is 1. The van der Waals surface area contributed by atoms with Crippen molar-refractivity contribution in [3.63, 3.8) is 0 Å². The zero-order chi connectivity index (χ0) is 21.7. The lowest BCUT2D eigenvalue weighted by Crippen LogP contribution is -2.55. The first kappa shape index (κ1) is 19.9. The van der Waals surface area contributed by atoms with Gasteiger partial charge in [0.15, 0.2) is 5.01 Å². The number of hydrogen-bond acceptors (Lipinski definition) is 5. The largest absolute Gasteiger partial charge is 0.328 e. The summed E-state index contributed by atoms with van der Waals surface area (Å²) < 4.78 is 2.18. The van der Waals surface area contributed by atoms with Gasteiger partial charge in [-0.1, -0.05) is 29.8 Å². The molecular weight excluding hydrogens is 442 g/mol. The van der Waals surface area contributed by atoms with Crippen LogP contribution in [0.3, 0.4) is 0 Å². The maximum atomic E-state index is 13.0. The number of benzene rings is 1. The first-order valence-electron chi connectivity index (χ1n) is 10.8. The van der Waals surface area contributed by atoms with E-state index in [0.717, 1.165) is 54.4 Å². The van der Waals surface area contributed by atoms with E-state index in [9.17, 15) is 4.79 Å². The molecule has 32 heavy (non-hydrogen) atoms. The molecule has 2 fully saturated rings. The highest BCUT2D eigenvalue weighted by Gasteiger charge is 2.43. The van der Waals surface area contributed by atoms with Crippen LogP contribution in [-0.2, 0) is 6.54 Å². The molecule has 2 saturated heterocycles. The Bertz CT molecular complexity index is 1260. The third-order valence-corrected chi connectivity index (χ3v) is 7.54. The Labute approximate surface area is 195 Å². The third kappa shape index (κ3) is 3.41. The summed E-state index contributed by atoms with van der Waals surface area (Å²) >= 11 is 7.54. The normalized spacial score (nSPS) is 20.8. The topological polar surface area (TPSA) is 53.7 Å². The van der Waals surface area contributed by atoms with Crippen LogP contribution in [0.15, 0.2) is 60.2 Å². The van der Waals surface area contributed by atoms with Crippen molar-refractivity contribution in [2.75, 3.05) is 13.1 Å². The minimum Gasteiger partial charge on any atom is -0.328 e. The molecule has 4 aromatic rings. The summed E-state index contributed by atoms with van der Waals surface area (Å²) in [6.07, 6.45) is 5.89. The van der Waals surface area contributed by atoms with Crippen LogP contribution in [0.4, 0.5) is 0 Å². The number of imidazole rings is 1. The molecule has 6 rings (SSSR count). The summed E-state index contributed by atoms with van der Waals surface area (Å²) in [5.41, 5.74) is 4.16. The summed E-state index contributed by atoms with van der Waals surface area (Å²) in [6, 6.07) is 14.5. The maximum absolute atomic E-state index is 13.0. The standard InChI is InChI=1S/C24H22ClN5OS/c25-17-6-4-16(5-7-17)22-20(29-11-2-1-3-21(29)27-22)15-28-13-18-8-9-19(14-28)30(18)24(31)23-26-10-12-32-23/h1-7,10-12,18-19H,8-9,13-15H2. The number of thiazole rings is 1. The maximum Gasteiger partial charge on any atom is 0.283 e. The van der Waals surface area contributed by atoms with Crippen molar-refractivity contribution < 1.29 is 4.79 Å². The van der Waals surface area contributed by atoms with Crippen molar-refractivity contribution >= 4 is 34.5 Å². The van der Waals surface area contributed by atoms with Crippen LogP contribution in [0.1, 0.15) is 28.3 Å². The van der Waals surface area contributed by atoms with E-state index < -0.39 is 0 Å². The predicted molar refractivity (Wildman–Crippen MR) is 126 cm³/mol. The molecule has 1 amide bonds. The Morgan fingerprint density at radius 2 is 1.88 bits per heavy atom. The zero-order valence-corrected chi connectivity index (χ0v) is 19.0. The number of halogens is 1. The van der Waals surface area contributed by atoms with E-state index in [-0.39, 0.29) is 18.0 Å². The molecule has 0 saturated carbocycles. The molecular formula is C24H22ClN5OS. The van der Waals surface area contributed by atoms with E-state index in [1.165, 1.54) is 17.0 Å². The molecule has 2 aliphatic rings. The molecule has 0 spiro atoms. The molecule has 0 aliphatic carbocycles. The van der Waals surface area contributed by atoms with Gasteiger partial charge in [0.25, 0.3) is 5.91 Å². The quantitative estimate of drug-likeness (QED) is 0.444. The first-order valence-corrected chi connectivity index (χ1v) is 12.1. The highest BCUT2D eigenvalue weighted by molar-refractivity contribution is 7.11. The van der Waals surface area contributed by atoms with Crippen LogP contribution in [0, 0.1) is 0 Å². The Hall–Kier alpha value is -2.74. The second kappa shape index (κ2) is 7.99. The fraction of sp³-hybridized carbons (Fsp3) is 0.292. The number of hydrogen-bond donors (Lipinski definition) is 0. The monoisotopic (exact) mass is 463 g/mol. The predicted octanol–water partition coefficient (Wildman–Crippen LogP) is 4.60. The van der Waals surface area contributed by atoms with Crippen molar-refractivity contribution in [3.05, 3.63) is 76.0 Å². The fourth-order valence-electron chi connectivity index (χ4n) is 5.14. The minimum absolute atomic E-state index is 0.0869. The minimum atomic E-state index is 0.0869. The van der Waals surface area contributed by atoms with Gasteiger partial charge in [-0.05, 0) is 37.1 Å². The number of aromatic nitrogens is 3. The molecule has 162 valence electrons. The molecule has 1 aromatic carbocycles. The SMILES string of the molecule is O=C(c1nccs1)N1C2CCC1CN(Cc1c(-c3ccc(Cl)cc3)nc3ccccn13)C2. The second-order valence-corrected chi connectivity index (χ2v) is 9.80. The van der Waals surface area contributed by atoms with E-state index in [2.05, 4.69) is 25.4 Å². The Morgan fingerprint density at radius 3 is 2.59 bits per heavy atom. The van der Waals surface area contributed by atoms with E-state index in [0.29, 0.717) is 5.01 Å². The van der Waals surface area contributed by atoms with Crippen LogP contribution >= 0.6 is 22.9 Å². The summed E-state index contributed by atoms with van der Waals surface area (Å²) in [4.78, 5) is 26.8. The van der Waals surface area contributed by atoms with Crippen molar-refractivity contribution in [1.82, 2.24) is 24.2 Å². The Morgan fingerprint density at radius 1 is 1.09 bits per heavy atom. The highest BCUT2D eigenvalue weighted by Crippen LogP contribution is 2.34. The van der Waals surface area contributed by atoms with Crippen LogP contribution in [0.25, 0.3) is 16.9 Å². The summed E-state index contributed by atoms with van der Waals surface area (Å²) in [7, 11) is 0. The van der Waals surface area contributed by atoms with E-state index in [1.807, 2.05) is 47.8 Å². The van der Waals surface area contributed by atoms with Gasteiger partial charge in [-0.25, -0.2) is 9.97 Å². The van der Waals surface area contributed by atoms with E-state index >= 15 is 0 Å². The number of amides is 1. The molecule has 0 N–H and O–H groups in total. The Kier molecular flexibility index (Phi) is 4.97. The lowest BCUT2D eigenvalue weighted by Gasteiger charge is -2.40. The lowest BCUT2D eigenvalue weighted by atomic mass is 10.1. The molecule has 2 aliphatic heterocycles. The molecule has 5 heterocycles. The number of pyridine rings is 1. The Balaban J connectivity index is 1.30. The van der Waals surface area contributed by atoms with Gasteiger partial charge in [-0.15, -0.1) is 11.3 Å². The van der Waals surface area contributed by atoms with E-state index in [4.69, 9.17) is 16.6 Å². The summed E-state index contributed by atoms with van der Waals surface area (Å²) in [5, 5.41) is 3.19. The third-order valence-electron chi connectivity index (χ3n) is 6.53. The molecule has 2 unspecified atom stereocenters. The average molecular weight is 464 g/mol. The van der Waals surface area contributed by atoms with Crippen molar-refractivity contribution in [2.45, 2.75) is 31.5 Å². The first-order chi connectivity index (χ1) is 15.7. The molecule has 3 aromatic heterocycles. The number of carbonyl (C=O) groups excluding carboxylic acids is 1. The summed E-state index contributed by atoms with van der Waals surface area (Å²) in [6.45, 7) is 2.52. The smallest absolute Gasteiger partial charge is 0.283 e.